The molecule has 33 heteroatoms. The van der Waals surface area contributed by atoms with E-state index in [1.807, 2.05) is 185 Å². The van der Waals surface area contributed by atoms with Crippen LogP contribution in [0.3, 0.4) is 0 Å². The van der Waals surface area contributed by atoms with Gasteiger partial charge in [0, 0.05) is 70.6 Å². The number of para-hydroxylation sites is 3. The third-order valence-corrected chi connectivity index (χ3v) is 22.3. The van der Waals surface area contributed by atoms with Crippen LogP contribution < -0.4 is 201 Å². The average molecular weight is 1660 g/mol. The Morgan fingerprint density at radius 3 is 0.784 bits per heavy atom. The SMILES string of the molecule is CCCC[C@H](NC(CCc1ccccc1)P(=O)(O)O)C(=O)N[C@@H](Cc1c[nH]c2ccccc12)C(=O)[O-].CCCC[C@H](NC(CCc1ccccc1)P(=O)(O)O)C(=O)N[C@@H](Cc1c[nH]c2ccccc12)C(=O)[O-].CCCC[C@H](NC(CCc1ccccc1)P(=O)(O)O)C(=O)N[C@@H](Cc1c[nH]c2ccccc12)C(=O)[O-].[K+].[K+].[K+]. The van der Waals surface area contributed by atoms with E-state index in [-0.39, 0.29) is 193 Å². The molecule has 15 N–H and O–H groups in total. The summed E-state index contributed by atoms with van der Waals surface area (Å²) in [6.07, 6.45) is 11.8. The second kappa shape index (κ2) is 50.6. The molecule has 582 valence electrons. The van der Waals surface area contributed by atoms with Crippen LogP contribution in [0.2, 0.25) is 0 Å². The van der Waals surface area contributed by atoms with Gasteiger partial charge in [0.15, 0.2) is 0 Å². The van der Waals surface area contributed by atoms with Crippen LogP contribution in [0.4, 0.5) is 0 Å². The number of fused-ring (bicyclic) bond motifs is 3. The van der Waals surface area contributed by atoms with Crippen molar-refractivity contribution in [2.24, 2.45) is 0 Å². The van der Waals surface area contributed by atoms with Crippen LogP contribution in [-0.4, -0.2) is 134 Å². The minimum atomic E-state index is -4.59. The van der Waals surface area contributed by atoms with E-state index in [2.05, 4.69) is 46.9 Å². The molecule has 0 spiro atoms. The maximum absolute atomic E-state index is 13.2. The fourth-order valence-corrected chi connectivity index (χ4v) is 15.2. The summed E-state index contributed by atoms with van der Waals surface area (Å²) in [7, 11) is -13.8. The summed E-state index contributed by atoms with van der Waals surface area (Å²) in [5, 5.41) is 54.3. The molecule has 0 bridgehead atoms. The number of aryl methyl sites for hydroxylation is 3. The fraction of sp³-hybridized carbons (Fsp3) is 0.385. The zero-order valence-corrected chi connectivity index (χ0v) is 75.7. The summed E-state index contributed by atoms with van der Waals surface area (Å²) >= 11 is 0. The maximum Gasteiger partial charge on any atom is 1.00 e. The Hall–Kier alpha value is -4.00. The topological polar surface area (TPSA) is 464 Å². The van der Waals surface area contributed by atoms with Gasteiger partial charge in [-0.05, 0) is 109 Å². The van der Waals surface area contributed by atoms with Crippen molar-refractivity contribution in [3.8, 4) is 0 Å². The van der Waals surface area contributed by atoms with Gasteiger partial charge in [-0.25, -0.2) is 0 Å². The molecule has 0 radical (unpaired) electrons. The Kier molecular flexibility index (Phi) is 45.3. The second-order valence-corrected chi connectivity index (χ2v) is 32.2. The van der Waals surface area contributed by atoms with Gasteiger partial charge in [-0.3, -0.25) is 44.0 Å². The van der Waals surface area contributed by atoms with E-state index in [4.69, 9.17) is 0 Å². The number of carbonyl (C=O) groups is 6. The minimum Gasteiger partial charge on any atom is -0.548 e. The Bertz CT molecular complexity index is 4040. The molecule has 9 aromatic rings. The van der Waals surface area contributed by atoms with E-state index in [9.17, 15) is 87.1 Å². The van der Waals surface area contributed by atoms with Crippen LogP contribution in [0.5, 0.6) is 0 Å². The van der Waals surface area contributed by atoms with E-state index in [0.29, 0.717) is 74.5 Å². The molecule has 0 saturated carbocycles. The molecule has 27 nitrogen and oxygen atoms in total. The summed E-state index contributed by atoms with van der Waals surface area (Å²) in [4.78, 5) is 144. The molecule has 0 aliphatic rings. The van der Waals surface area contributed by atoms with E-state index >= 15 is 0 Å². The van der Waals surface area contributed by atoms with Gasteiger partial charge in [-0.1, -0.05) is 205 Å². The number of H-pyrrole nitrogens is 3. The molecule has 6 aromatic carbocycles. The van der Waals surface area contributed by atoms with Crippen LogP contribution >= 0.6 is 22.8 Å². The molecule has 0 saturated heterocycles. The quantitative estimate of drug-likeness (QED) is 0.0141. The molecule has 3 aromatic heterocycles. The number of aromatic nitrogens is 3. The number of aliphatic carboxylic acids is 3. The molecule has 3 amide bonds. The van der Waals surface area contributed by atoms with Crippen LogP contribution in [-0.2, 0) is 81.0 Å². The molecular formula is C78H99K3N9O18P3. The predicted molar refractivity (Wildman–Crippen MR) is 408 cm³/mol. The summed E-state index contributed by atoms with van der Waals surface area (Å²) < 4.78 is 36.7. The zero-order chi connectivity index (χ0) is 78.4. The first-order valence-corrected chi connectivity index (χ1v) is 41.3. The van der Waals surface area contributed by atoms with Gasteiger partial charge in [0.25, 0.3) is 0 Å². The largest absolute Gasteiger partial charge is 1.00 e. The van der Waals surface area contributed by atoms with Crippen molar-refractivity contribution in [3.05, 3.63) is 216 Å². The standard InChI is InChI=1S/3C26H34N3O6P.3K/c3*1-2-3-12-22(28-24(36(33,34)35)15-14-18-9-5-4-6-10-18)25(30)29-23(26(31)32)16-19-17-27-21-13-8-7-11-20(19)21;;;/h3*4-11,13,17,22-24,27-28H,2-3,12,14-16H2,1H3,(H,29,30)(H,31,32)(H2,33,34,35);;;/q;;;3*+1/p-3/t3*22-,23-,24?;;;/m000.../s1. The van der Waals surface area contributed by atoms with E-state index in [1.165, 1.54) is 0 Å². The number of benzene rings is 6. The van der Waals surface area contributed by atoms with Gasteiger partial charge in [0.05, 0.1) is 54.2 Å². The number of nitrogens with one attached hydrogen (secondary N) is 9. The molecule has 3 unspecified atom stereocenters. The summed E-state index contributed by atoms with van der Waals surface area (Å²) in [5.74, 6) is -9.93. The Balaban J connectivity index is 0.000000347. The van der Waals surface area contributed by atoms with E-state index < -0.39 is 112 Å². The van der Waals surface area contributed by atoms with Crippen molar-refractivity contribution in [1.29, 1.82) is 0 Å². The number of amides is 3. The molecule has 0 fully saturated rings. The van der Waals surface area contributed by atoms with E-state index in [0.717, 1.165) is 68.7 Å². The van der Waals surface area contributed by atoms with Gasteiger partial charge in [0.2, 0.25) is 17.7 Å². The molecule has 9 rings (SSSR count). The summed E-state index contributed by atoms with van der Waals surface area (Å²) in [6.45, 7) is 5.81. The normalized spacial score (nSPS) is 13.9. The number of unbranched alkanes of at least 4 members (excludes halogenated alkanes) is 3. The van der Waals surface area contributed by atoms with Crippen LogP contribution in [0.15, 0.2) is 182 Å². The minimum absolute atomic E-state index is 0. The van der Waals surface area contributed by atoms with Crippen molar-refractivity contribution >= 4 is 91.1 Å². The van der Waals surface area contributed by atoms with Crippen molar-refractivity contribution in [2.75, 3.05) is 0 Å². The zero-order valence-electron chi connectivity index (χ0n) is 63.7. The number of hydrogen-bond donors (Lipinski definition) is 15. The van der Waals surface area contributed by atoms with Crippen LogP contribution in [0, 0.1) is 0 Å². The van der Waals surface area contributed by atoms with Crippen molar-refractivity contribution in [3.63, 3.8) is 0 Å². The monoisotopic (exact) mass is 1660 g/mol. The van der Waals surface area contributed by atoms with Crippen molar-refractivity contribution < 1.29 is 241 Å². The first-order chi connectivity index (χ1) is 51.6. The first kappa shape index (κ1) is 99.4. The Labute approximate surface area is 774 Å². The molecule has 3 heterocycles. The van der Waals surface area contributed by atoms with Gasteiger partial charge < -0.3 is 90.0 Å². The average Bonchev–Trinajstić information content (AvgIpc) is 1.71. The van der Waals surface area contributed by atoms with E-state index in [1.54, 1.807) is 18.6 Å². The summed E-state index contributed by atoms with van der Waals surface area (Å²) in [5.41, 5.74) is 7.45. The second-order valence-electron chi connectivity index (χ2n) is 26.8. The number of carbonyl (C=O) groups excluding carboxylic acids is 6. The molecule has 9 atom stereocenters. The number of hydrogen-bond acceptors (Lipinski definition) is 15. The summed E-state index contributed by atoms with van der Waals surface area (Å²) in [6, 6.07) is 43.3. The van der Waals surface area contributed by atoms with Gasteiger partial charge >= 0.3 is 177 Å². The number of carboxylic acids is 3. The van der Waals surface area contributed by atoms with Gasteiger partial charge in [0.1, 0.15) is 17.3 Å². The Morgan fingerprint density at radius 1 is 0.342 bits per heavy atom. The van der Waals surface area contributed by atoms with Crippen LogP contribution in [0.25, 0.3) is 32.7 Å². The number of carboxylic acid groups (broad SMARTS) is 3. The smallest absolute Gasteiger partial charge is 0.548 e. The third kappa shape index (κ3) is 33.5. The van der Waals surface area contributed by atoms with Crippen molar-refractivity contribution in [2.45, 2.75) is 190 Å². The molecular weight excluding hydrogens is 1560 g/mol. The number of rotatable bonds is 42. The molecule has 0 aliphatic carbocycles. The first-order valence-electron chi connectivity index (χ1n) is 36.3. The molecule has 111 heavy (non-hydrogen) atoms. The molecule has 0 aliphatic heterocycles. The number of aromatic amines is 3. The van der Waals surface area contributed by atoms with Gasteiger partial charge in [-0.2, -0.15) is 0 Å². The maximum atomic E-state index is 13.2. The Morgan fingerprint density at radius 2 is 0.568 bits per heavy atom. The van der Waals surface area contributed by atoms with Crippen LogP contribution in [0.1, 0.15) is 131 Å². The fourth-order valence-electron chi connectivity index (χ4n) is 12.6. The predicted octanol–water partition coefficient (Wildman–Crippen LogP) is -2.30. The third-order valence-electron chi connectivity index (χ3n) is 18.6. The van der Waals surface area contributed by atoms with Gasteiger partial charge in [-0.15, -0.1) is 0 Å². The van der Waals surface area contributed by atoms with Crippen molar-refractivity contribution in [1.82, 2.24) is 46.9 Å².